The van der Waals surface area contributed by atoms with E-state index in [2.05, 4.69) is 25.5 Å². The van der Waals surface area contributed by atoms with Gasteiger partial charge in [-0.05, 0) is 17.3 Å². The van der Waals surface area contributed by atoms with E-state index in [4.69, 9.17) is 0 Å². The third kappa shape index (κ3) is 3.07. The van der Waals surface area contributed by atoms with Crippen molar-refractivity contribution >= 4 is 17.6 Å². The van der Waals surface area contributed by atoms with E-state index in [9.17, 15) is 14.7 Å². The van der Waals surface area contributed by atoms with Crippen molar-refractivity contribution in [2.24, 2.45) is 0 Å². The Morgan fingerprint density at radius 2 is 2.25 bits per heavy atom. The number of phenolic OH excluding ortho intramolecular Hbond substituents is 1. The molecule has 0 atom stereocenters. The number of tetrazole rings is 1. The summed E-state index contributed by atoms with van der Waals surface area (Å²) in [6, 6.07) is 4.07. The van der Waals surface area contributed by atoms with E-state index >= 15 is 0 Å². The number of rotatable bonds is 4. The molecule has 0 saturated heterocycles. The summed E-state index contributed by atoms with van der Waals surface area (Å²) in [6.45, 7) is -0.112. The first-order valence-electron chi connectivity index (χ1n) is 5.52. The first-order valence-corrected chi connectivity index (χ1v) is 5.52. The normalized spacial score (nSPS) is 10.1. The molecule has 0 radical (unpaired) electrons. The molecule has 0 aliphatic heterocycles. The van der Waals surface area contributed by atoms with Crippen molar-refractivity contribution in [3.8, 4) is 5.75 Å². The Balaban J connectivity index is 2.05. The van der Waals surface area contributed by atoms with Gasteiger partial charge in [0, 0.05) is 11.8 Å². The number of aromatic hydroxyl groups is 1. The van der Waals surface area contributed by atoms with Crippen LogP contribution in [-0.4, -0.2) is 44.3 Å². The van der Waals surface area contributed by atoms with Gasteiger partial charge in [-0.15, -0.1) is 10.2 Å². The number of aromatic nitrogens is 4. The molecule has 0 aliphatic carbocycles. The lowest BCUT2D eigenvalue weighted by molar-refractivity contribution is -0.117. The van der Waals surface area contributed by atoms with Crippen LogP contribution >= 0.6 is 0 Å². The third-order valence-corrected chi connectivity index (χ3v) is 2.36. The lowest BCUT2D eigenvalue weighted by atomic mass is 10.2. The number of nitrogens with one attached hydrogen (secondary N) is 1. The van der Waals surface area contributed by atoms with Crippen molar-refractivity contribution in [1.29, 1.82) is 0 Å². The molecule has 2 N–H and O–H groups in total. The van der Waals surface area contributed by atoms with Crippen LogP contribution < -0.4 is 5.32 Å². The molecular weight excluding hydrogens is 266 g/mol. The number of benzene rings is 1. The molecule has 9 nitrogen and oxygen atoms in total. The zero-order valence-electron chi connectivity index (χ0n) is 10.5. The number of hydrogen-bond donors (Lipinski definition) is 2. The summed E-state index contributed by atoms with van der Waals surface area (Å²) in [5, 5.41) is 22.9. The molecule has 1 aromatic carbocycles. The predicted molar refractivity (Wildman–Crippen MR) is 65.9 cm³/mol. The standard InChI is InChI=1S/C11H11N5O4/c1-20-11(19)8-3-2-7(4-9(8)17)14-10(18)5-16-13-6-12-15-16/h2-4,6,17H,5H2,1H3,(H,14,18). The number of ether oxygens (including phenoxy) is 1. The number of amides is 1. The number of esters is 1. The molecule has 20 heavy (non-hydrogen) atoms. The van der Waals surface area contributed by atoms with E-state index in [-0.39, 0.29) is 17.9 Å². The van der Waals surface area contributed by atoms with Gasteiger partial charge in [0.15, 0.2) is 6.33 Å². The van der Waals surface area contributed by atoms with Crippen molar-refractivity contribution in [3.63, 3.8) is 0 Å². The fourth-order valence-electron chi connectivity index (χ4n) is 1.48. The number of carbonyl (C=O) groups is 2. The minimum absolute atomic E-state index is 0.0171. The number of carbonyl (C=O) groups excluding carboxylic acids is 2. The van der Waals surface area contributed by atoms with E-state index in [0.717, 1.165) is 4.80 Å². The zero-order valence-corrected chi connectivity index (χ0v) is 10.5. The number of nitrogens with zero attached hydrogens (tertiary/aromatic N) is 4. The van der Waals surface area contributed by atoms with Crippen LogP contribution in [0.15, 0.2) is 24.5 Å². The molecule has 0 unspecified atom stereocenters. The third-order valence-electron chi connectivity index (χ3n) is 2.36. The van der Waals surface area contributed by atoms with Crippen LogP contribution in [-0.2, 0) is 16.1 Å². The van der Waals surface area contributed by atoms with Gasteiger partial charge in [-0.25, -0.2) is 4.79 Å². The summed E-state index contributed by atoms with van der Waals surface area (Å²) >= 11 is 0. The van der Waals surface area contributed by atoms with E-state index in [1.165, 1.54) is 31.6 Å². The summed E-state index contributed by atoms with van der Waals surface area (Å²) in [7, 11) is 1.21. The van der Waals surface area contributed by atoms with Crippen molar-refractivity contribution in [3.05, 3.63) is 30.1 Å². The molecule has 0 aliphatic rings. The van der Waals surface area contributed by atoms with Crippen LogP contribution in [0.3, 0.4) is 0 Å². The Kier molecular flexibility index (Phi) is 3.89. The Hall–Kier alpha value is -2.97. The minimum Gasteiger partial charge on any atom is -0.507 e. The molecule has 0 bridgehead atoms. The van der Waals surface area contributed by atoms with Gasteiger partial charge in [-0.3, -0.25) is 4.79 Å². The molecule has 1 heterocycles. The molecule has 1 amide bonds. The van der Waals surface area contributed by atoms with Crippen molar-refractivity contribution < 1.29 is 19.4 Å². The Labute approximate surface area is 113 Å². The average Bonchev–Trinajstić information content (AvgIpc) is 2.90. The van der Waals surface area contributed by atoms with E-state index < -0.39 is 11.9 Å². The summed E-state index contributed by atoms with van der Waals surface area (Å²) < 4.78 is 4.50. The topological polar surface area (TPSA) is 119 Å². The maximum Gasteiger partial charge on any atom is 0.341 e. The van der Waals surface area contributed by atoms with Crippen molar-refractivity contribution in [1.82, 2.24) is 20.2 Å². The molecule has 0 saturated carbocycles. The Morgan fingerprint density at radius 1 is 1.45 bits per heavy atom. The second-order valence-corrected chi connectivity index (χ2v) is 3.74. The van der Waals surface area contributed by atoms with E-state index in [0.29, 0.717) is 5.69 Å². The van der Waals surface area contributed by atoms with Gasteiger partial charge in [-0.1, -0.05) is 0 Å². The van der Waals surface area contributed by atoms with Crippen LogP contribution in [0, 0.1) is 0 Å². The lowest BCUT2D eigenvalue weighted by Crippen LogP contribution is -2.20. The first kappa shape index (κ1) is 13.5. The second-order valence-electron chi connectivity index (χ2n) is 3.74. The Bertz CT molecular complexity index is 626. The SMILES string of the molecule is COC(=O)c1ccc(NC(=O)Cn2ncnn2)cc1O. The van der Waals surface area contributed by atoms with Crippen LogP contribution in [0.4, 0.5) is 5.69 Å². The fraction of sp³-hybridized carbons (Fsp3) is 0.182. The van der Waals surface area contributed by atoms with Crippen molar-refractivity contribution in [2.75, 3.05) is 12.4 Å². The zero-order chi connectivity index (χ0) is 14.5. The molecule has 2 aromatic rings. The monoisotopic (exact) mass is 277 g/mol. The molecule has 2 rings (SSSR count). The highest BCUT2D eigenvalue weighted by Gasteiger charge is 2.13. The maximum absolute atomic E-state index is 11.7. The first-order chi connectivity index (χ1) is 9.60. The van der Waals surface area contributed by atoms with E-state index in [1.54, 1.807) is 0 Å². The second kappa shape index (κ2) is 5.78. The van der Waals surface area contributed by atoms with Crippen LogP contribution in [0.1, 0.15) is 10.4 Å². The number of methoxy groups -OCH3 is 1. The molecule has 0 fully saturated rings. The number of hydrogen-bond acceptors (Lipinski definition) is 7. The van der Waals surface area contributed by atoms with Gasteiger partial charge in [0.25, 0.3) is 0 Å². The predicted octanol–water partition coefficient (Wildman–Crippen LogP) is -0.196. The molecular formula is C11H11N5O4. The molecule has 104 valence electrons. The van der Waals surface area contributed by atoms with Gasteiger partial charge >= 0.3 is 5.97 Å². The largest absolute Gasteiger partial charge is 0.507 e. The number of phenols is 1. The Morgan fingerprint density at radius 3 is 2.85 bits per heavy atom. The smallest absolute Gasteiger partial charge is 0.341 e. The minimum atomic E-state index is -0.660. The molecule has 9 heteroatoms. The summed E-state index contributed by atoms with van der Waals surface area (Å²) in [4.78, 5) is 24.0. The van der Waals surface area contributed by atoms with Gasteiger partial charge < -0.3 is 15.2 Å². The highest BCUT2D eigenvalue weighted by molar-refractivity contribution is 5.95. The summed E-state index contributed by atoms with van der Waals surface area (Å²) in [5.41, 5.74) is 0.351. The van der Waals surface area contributed by atoms with Crippen LogP contribution in [0.5, 0.6) is 5.75 Å². The lowest BCUT2D eigenvalue weighted by Gasteiger charge is -2.07. The molecule has 0 spiro atoms. The highest BCUT2D eigenvalue weighted by atomic mass is 16.5. The van der Waals surface area contributed by atoms with E-state index in [1.807, 2.05) is 0 Å². The van der Waals surface area contributed by atoms with Crippen molar-refractivity contribution in [2.45, 2.75) is 6.54 Å². The van der Waals surface area contributed by atoms with Crippen LogP contribution in [0.2, 0.25) is 0 Å². The average molecular weight is 277 g/mol. The number of anilines is 1. The highest BCUT2D eigenvalue weighted by Crippen LogP contribution is 2.22. The van der Waals surface area contributed by atoms with Gasteiger partial charge in [-0.2, -0.15) is 4.80 Å². The van der Waals surface area contributed by atoms with Gasteiger partial charge in [0.2, 0.25) is 5.91 Å². The summed E-state index contributed by atoms with van der Waals surface area (Å²) in [5.74, 6) is -1.34. The van der Waals surface area contributed by atoms with Gasteiger partial charge in [0.05, 0.1) is 7.11 Å². The summed E-state index contributed by atoms with van der Waals surface area (Å²) in [6.07, 6.45) is 1.21. The van der Waals surface area contributed by atoms with Gasteiger partial charge in [0.1, 0.15) is 17.9 Å². The molecule has 1 aromatic heterocycles. The quantitative estimate of drug-likeness (QED) is 0.743. The maximum atomic E-state index is 11.7. The van der Waals surface area contributed by atoms with Crippen LogP contribution in [0.25, 0.3) is 0 Å². The fourth-order valence-corrected chi connectivity index (χ4v) is 1.48.